The lowest BCUT2D eigenvalue weighted by atomic mass is 10.0. The molecule has 2 N–H and O–H groups in total. The highest BCUT2D eigenvalue weighted by Gasteiger charge is 2.29. The van der Waals surface area contributed by atoms with Crippen LogP contribution in [0.15, 0.2) is 0 Å². The molecule has 0 saturated carbocycles. The van der Waals surface area contributed by atoms with Gasteiger partial charge in [0.15, 0.2) is 0 Å². The van der Waals surface area contributed by atoms with E-state index in [0.717, 1.165) is 0 Å². The lowest BCUT2D eigenvalue weighted by molar-refractivity contribution is 0.0529. The molecule has 0 aliphatic carbocycles. The summed E-state index contributed by atoms with van der Waals surface area (Å²) in [6.07, 6.45) is 0. The third-order valence-corrected chi connectivity index (χ3v) is 5.03. The summed E-state index contributed by atoms with van der Waals surface area (Å²) in [5.74, 6) is -0.163. The van der Waals surface area contributed by atoms with Gasteiger partial charge in [0.2, 0.25) is 0 Å². The largest absolute Gasteiger partial charge is 0.462 e. The number of fused-ring (bicyclic) bond motifs is 2. The maximum Gasteiger partial charge on any atom is 0.342 e. The Morgan fingerprint density at radius 3 is 2.67 bits per heavy atom. The summed E-state index contributed by atoms with van der Waals surface area (Å²) in [4.78, 5) is 12.5. The van der Waals surface area contributed by atoms with E-state index in [4.69, 9.17) is 44.9 Å². The fraction of sp³-hybridized carbons (Fsp3) is 0.267. The van der Waals surface area contributed by atoms with Crippen molar-refractivity contribution in [1.29, 1.82) is 10.7 Å². The van der Waals surface area contributed by atoms with Gasteiger partial charge in [0.05, 0.1) is 27.2 Å². The minimum absolute atomic E-state index is 0.000325. The van der Waals surface area contributed by atoms with Crippen LogP contribution < -0.4 is 10.8 Å². The Labute approximate surface area is 152 Å². The third-order valence-electron chi connectivity index (χ3n) is 3.80. The molecule has 0 spiro atoms. The van der Waals surface area contributed by atoms with Gasteiger partial charge in [-0.25, -0.2) is 4.79 Å². The number of nitrogens with one attached hydrogen (secondary N) is 2. The van der Waals surface area contributed by atoms with Gasteiger partial charge in [-0.15, -0.1) is 0 Å². The van der Waals surface area contributed by atoms with Gasteiger partial charge in [-0.2, -0.15) is 5.26 Å². The van der Waals surface area contributed by atoms with E-state index in [1.54, 1.807) is 11.5 Å². The van der Waals surface area contributed by atoms with Gasteiger partial charge in [-0.05, 0) is 6.92 Å². The molecule has 2 aromatic rings. The lowest BCUT2D eigenvalue weighted by Crippen LogP contribution is -2.22. The molecule has 1 aromatic carbocycles. The fourth-order valence-corrected chi connectivity index (χ4v) is 3.70. The molecular weight excluding hydrogens is 375 g/mol. The Kier molecular flexibility index (Phi) is 4.35. The summed E-state index contributed by atoms with van der Waals surface area (Å²) in [6.45, 7) is 2.89. The van der Waals surface area contributed by atoms with Crippen molar-refractivity contribution in [1.82, 2.24) is 4.57 Å². The van der Waals surface area contributed by atoms with Crippen LogP contribution in [0.2, 0.25) is 15.1 Å². The van der Waals surface area contributed by atoms with Gasteiger partial charge in [-0.3, -0.25) is 5.41 Å². The second-order valence-electron chi connectivity index (χ2n) is 5.05. The summed E-state index contributed by atoms with van der Waals surface area (Å²) in [5.41, 5.74) is 0.197. The molecule has 3 rings (SSSR count). The van der Waals surface area contributed by atoms with Crippen LogP contribution in [0.5, 0.6) is 0 Å². The zero-order chi connectivity index (χ0) is 17.6. The minimum atomic E-state index is -0.598. The number of pyridine rings is 1. The van der Waals surface area contributed by atoms with E-state index in [1.165, 1.54) is 0 Å². The number of anilines is 1. The van der Waals surface area contributed by atoms with Crippen molar-refractivity contribution in [2.45, 2.75) is 13.5 Å². The number of hydrogen-bond acceptors (Lipinski definition) is 5. The maximum atomic E-state index is 12.5. The highest BCUT2D eigenvalue weighted by atomic mass is 35.5. The molecule has 9 heteroatoms. The second kappa shape index (κ2) is 6.17. The lowest BCUT2D eigenvalue weighted by Gasteiger charge is -2.17. The van der Waals surface area contributed by atoms with Crippen LogP contribution in [0.25, 0.3) is 10.8 Å². The topological polar surface area (TPSA) is 90.9 Å². The van der Waals surface area contributed by atoms with Crippen LogP contribution in [0, 0.1) is 16.7 Å². The van der Waals surface area contributed by atoms with E-state index in [0.29, 0.717) is 18.9 Å². The summed E-state index contributed by atoms with van der Waals surface area (Å²) in [5, 5.41) is 21.1. The van der Waals surface area contributed by atoms with Gasteiger partial charge in [0, 0.05) is 23.9 Å². The number of esters is 1. The van der Waals surface area contributed by atoms with E-state index in [1.807, 2.05) is 6.07 Å². The first-order valence-corrected chi connectivity index (χ1v) is 8.20. The van der Waals surface area contributed by atoms with Crippen molar-refractivity contribution in [2.75, 3.05) is 18.5 Å². The van der Waals surface area contributed by atoms with Gasteiger partial charge in [0.1, 0.15) is 22.9 Å². The molecule has 2 heterocycles. The predicted octanol–water partition coefficient (Wildman–Crippen LogP) is 3.55. The molecule has 1 aromatic heterocycles. The number of halogens is 3. The molecule has 1 aliphatic rings. The molecule has 1 aliphatic heterocycles. The SMILES string of the molecule is CCOC(=O)c1c2n(c(=N)c3c(Cl)c(C#N)c(Cl)c(Cl)c13)CCN2. The zero-order valence-corrected chi connectivity index (χ0v) is 14.7. The van der Waals surface area contributed by atoms with E-state index < -0.39 is 5.97 Å². The van der Waals surface area contributed by atoms with Crippen molar-refractivity contribution in [3.05, 3.63) is 31.7 Å². The average Bonchev–Trinajstić information content (AvgIpc) is 3.03. The molecule has 0 fully saturated rings. The Balaban J connectivity index is 2.60. The summed E-state index contributed by atoms with van der Waals surface area (Å²) in [7, 11) is 0. The number of carbonyl (C=O) groups excluding carboxylic acids is 1. The Bertz CT molecular complexity index is 992. The normalized spacial score (nSPS) is 12.6. The summed E-state index contributed by atoms with van der Waals surface area (Å²) < 4.78 is 6.73. The minimum Gasteiger partial charge on any atom is -0.462 e. The first-order chi connectivity index (χ1) is 11.4. The van der Waals surface area contributed by atoms with E-state index in [-0.39, 0.29) is 49.1 Å². The molecule has 6 nitrogen and oxygen atoms in total. The molecule has 0 saturated heterocycles. The second-order valence-corrected chi connectivity index (χ2v) is 6.18. The molecule has 0 atom stereocenters. The molecule has 0 unspecified atom stereocenters. The van der Waals surface area contributed by atoms with Crippen molar-refractivity contribution >= 4 is 57.4 Å². The van der Waals surface area contributed by atoms with Crippen LogP contribution in [0.3, 0.4) is 0 Å². The quantitative estimate of drug-likeness (QED) is 0.611. The van der Waals surface area contributed by atoms with E-state index >= 15 is 0 Å². The number of hydrogen-bond donors (Lipinski definition) is 2. The smallest absolute Gasteiger partial charge is 0.342 e. The third kappa shape index (κ3) is 2.24. The van der Waals surface area contributed by atoms with Crippen molar-refractivity contribution < 1.29 is 9.53 Å². The van der Waals surface area contributed by atoms with Crippen LogP contribution >= 0.6 is 34.8 Å². The number of aromatic nitrogens is 1. The fourth-order valence-electron chi connectivity index (χ4n) is 2.81. The van der Waals surface area contributed by atoms with Crippen LogP contribution in [0.1, 0.15) is 22.8 Å². The first kappa shape index (κ1) is 16.9. The Morgan fingerprint density at radius 1 is 1.33 bits per heavy atom. The Hall–Kier alpha value is -1.94. The van der Waals surface area contributed by atoms with Gasteiger partial charge >= 0.3 is 5.97 Å². The monoisotopic (exact) mass is 384 g/mol. The number of carbonyl (C=O) groups is 1. The molecule has 0 amide bonds. The summed E-state index contributed by atoms with van der Waals surface area (Å²) in [6, 6.07) is 1.89. The number of benzene rings is 1. The van der Waals surface area contributed by atoms with Crippen molar-refractivity contribution in [3.63, 3.8) is 0 Å². The van der Waals surface area contributed by atoms with Gasteiger partial charge < -0.3 is 14.6 Å². The maximum absolute atomic E-state index is 12.5. The van der Waals surface area contributed by atoms with Crippen molar-refractivity contribution in [2.24, 2.45) is 0 Å². The standard InChI is InChI=1S/C15H11Cl3N4O2/c1-2-24-15(23)9-7-8(13(20)22-4-3-21-14(9)22)10(16)6(5-19)11(17)12(7)18/h20-21H,2-4H2,1H3. The molecular formula is C15H11Cl3N4O2. The summed E-state index contributed by atoms with van der Waals surface area (Å²) >= 11 is 18.8. The predicted molar refractivity (Wildman–Crippen MR) is 92.0 cm³/mol. The van der Waals surface area contributed by atoms with Gasteiger partial charge in [0.25, 0.3) is 0 Å². The number of nitriles is 1. The highest BCUT2D eigenvalue weighted by Crippen LogP contribution is 2.42. The van der Waals surface area contributed by atoms with Crippen molar-refractivity contribution in [3.8, 4) is 6.07 Å². The van der Waals surface area contributed by atoms with Crippen LogP contribution in [-0.2, 0) is 11.3 Å². The molecule has 0 radical (unpaired) electrons. The van der Waals surface area contributed by atoms with E-state index in [2.05, 4.69) is 5.32 Å². The average molecular weight is 386 g/mol. The number of ether oxygens (including phenoxy) is 1. The van der Waals surface area contributed by atoms with E-state index in [9.17, 15) is 10.1 Å². The van der Waals surface area contributed by atoms with Crippen LogP contribution in [-0.4, -0.2) is 23.7 Å². The van der Waals surface area contributed by atoms with Crippen LogP contribution in [0.4, 0.5) is 5.82 Å². The number of rotatable bonds is 2. The molecule has 0 bridgehead atoms. The first-order valence-electron chi connectivity index (χ1n) is 7.06. The Morgan fingerprint density at radius 2 is 2.04 bits per heavy atom. The zero-order valence-electron chi connectivity index (χ0n) is 12.5. The molecule has 24 heavy (non-hydrogen) atoms. The molecule has 124 valence electrons. The highest BCUT2D eigenvalue weighted by molar-refractivity contribution is 6.50. The van der Waals surface area contributed by atoms with Gasteiger partial charge in [-0.1, -0.05) is 34.8 Å². The number of nitrogens with zero attached hydrogens (tertiary/aromatic N) is 2.